The summed E-state index contributed by atoms with van der Waals surface area (Å²) in [7, 11) is -3.91. The van der Waals surface area contributed by atoms with E-state index in [9.17, 15) is 32.4 Å². The minimum atomic E-state index is -3.91. The van der Waals surface area contributed by atoms with E-state index in [2.05, 4.69) is 21.9 Å². The summed E-state index contributed by atoms with van der Waals surface area (Å²) in [6, 6.07) is 3.69. The zero-order chi connectivity index (χ0) is 37.7. The van der Waals surface area contributed by atoms with Crippen molar-refractivity contribution in [2.45, 2.75) is 126 Å². The number of allylic oxidation sites excluding steroid dienone is 1. The molecule has 0 radical (unpaired) electrons. The molecule has 5 atom stereocenters. The lowest BCUT2D eigenvalue weighted by molar-refractivity contribution is -0.142. The van der Waals surface area contributed by atoms with Crippen LogP contribution in [-0.4, -0.2) is 89.2 Å². The van der Waals surface area contributed by atoms with Crippen LogP contribution in [0, 0.1) is 11.8 Å². The molecule has 7 rings (SSSR count). The normalized spacial score (nSPS) is 30.9. The van der Waals surface area contributed by atoms with Gasteiger partial charge >= 0.3 is 12.2 Å². The van der Waals surface area contributed by atoms with E-state index >= 15 is 0 Å². The van der Waals surface area contributed by atoms with E-state index in [1.54, 1.807) is 4.90 Å². The van der Waals surface area contributed by atoms with Crippen LogP contribution in [0.2, 0.25) is 0 Å². The number of nitrogens with zero attached hydrogens (tertiary/aromatic N) is 2. The van der Waals surface area contributed by atoms with E-state index in [1.807, 2.05) is 44.2 Å². The van der Waals surface area contributed by atoms with Crippen molar-refractivity contribution in [2.75, 3.05) is 6.54 Å². The van der Waals surface area contributed by atoms with Crippen LogP contribution >= 0.6 is 0 Å². The van der Waals surface area contributed by atoms with Crippen LogP contribution in [0.25, 0.3) is 6.08 Å². The number of cyclic esters (lactones) is 1. The number of nitrogens with one attached hydrogen (secondary N) is 3. The fourth-order valence-corrected chi connectivity index (χ4v) is 9.66. The summed E-state index contributed by atoms with van der Waals surface area (Å²) in [5, 5.41) is 4.96. The van der Waals surface area contributed by atoms with Crippen LogP contribution < -0.4 is 15.4 Å². The van der Waals surface area contributed by atoms with Crippen molar-refractivity contribution >= 4 is 46.0 Å². The van der Waals surface area contributed by atoms with Crippen LogP contribution in [0.1, 0.15) is 94.7 Å². The summed E-state index contributed by atoms with van der Waals surface area (Å²) in [5.74, 6) is -2.81. The molecule has 5 amide bonds. The number of sulfonamides is 1. The molecule has 3 aliphatic heterocycles. The van der Waals surface area contributed by atoms with Crippen molar-refractivity contribution in [3.63, 3.8) is 0 Å². The van der Waals surface area contributed by atoms with Gasteiger partial charge in [0.25, 0.3) is 5.91 Å². The molecule has 3 N–H and O–H groups in total. The molecule has 286 valence electrons. The van der Waals surface area contributed by atoms with Gasteiger partial charge in [-0.15, -0.1) is 6.58 Å². The molecule has 4 bridgehead atoms. The van der Waals surface area contributed by atoms with Gasteiger partial charge in [-0.05, 0) is 81.4 Å². The maximum atomic E-state index is 14.6. The van der Waals surface area contributed by atoms with Crippen LogP contribution in [0.3, 0.4) is 0 Å². The number of rotatable bonds is 7. The fourth-order valence-electron chi connectivity index (χ4n) is 8.29. The van der Waals surface area contributed by atoms with Crippen molar-refractivity contribution in [1.82, 2.24) is 25.2 Å². The van der Waals surface area contributed by atoms with E-state index in [0.717, 1.165) is 29.5 Å². The molecule has 53 heavy (non-hydrogen) atoms. The molecule has 3 heterocycles. The first kappa shape index (κ1) is 36.9. The predicted molar refractivity (Wildman–Crippen MR) is 193 cm³/mol. The van der Waals surface area contributed by atoms with E-state index in [1.165, 1.54) is 11.0 Å². The van der Waals surface area contributed by atoms with Gasteiger partial charge in [0.15, 0.2) is 0 Å². The number of amides is 5. The number of hydrogen-bond acceptors (Lipinski definition) is 9. The summed E-state index contributed by atoms with van der Waals surface area (Å²) >= 11 is 0. The predicted octanol–water partition coefficient (Wildman–Crippen LogP) is 3.65. The van der Waals surface area contributed by atoms with Gasteiger partial charge < -0.3 is 25.0 Å². The van der Waals surface area contributed by atoms with Gasteiger partial charge in [-0.3, -0.25) is 24.0 Å². The zero-order valence-corrected chi connectivity index (χ0v) is 31.1. The minimum Gasteiger partial charge on any atom is -0.444 e. The van der Waals surface area contributed by atoms with E-state index in [4.69, 9.17) is 9.47 Å². The third-order valence-corrected chi connectivity index (χ3v) is 13.5. The van der Waals surface area contributed by atoms with Crippen LogP contribution in [0.4, 0.5) is 9.59 Å². The maximum absolute atomic E-state index is 14.6. The second kappa shape index (κ2) is 14.1. The number of hydrogen-bond donors (Lipinski definition) is 3. The second-order valence-electron chi connectivity index (χ2n) is 16.0. The number of carbonyl (C=O) groups is 5. The highest BCUT2D eigenvalue weighted by molar-refractivity contribution is 7.91. The largest absolute Gasteiger partial charge is 0.444 e. The van der Waals surface area contributed by atoms with Crippen molar-refractivity contribution in [1.29, 1.82) is 0 Å². The minimum absolute atomic E-state index is 0.0657. The molecule has 0 spiro atoms. The zero-order valence-electron chi connectivity index (χ0n) is 30.3. The topological polar surface area (TPSA) is 181 Å². The average molecular weight is 752 g/mol. The Labute approximate surface area is 310 Å². The maximum Gasteiger partial charge on any atom is 0.410 e. The molecular weight excluding hydrogens is 703 g/mol. The van der Waals surface area contributed by atoms with Gasteiger partial charge in [0.2, 0.25) is 21.8 Å². The summed E-state index contributed by atoms with van der Waals surface area (Å²) < 4.78 is 39.4. The Morgan fingerprint density at radius 2 is 1.83 bits per heavy atom. The number of alkyl carbamates (subject to hydrolysis) is 1. The smallest absolute Gasteiger partial charge is 0.410 e. The lowest BCUT2D eigenvalue weighted by atomic mass is 9.96. The highest BCUT2D eigenvalue weighted by Crippen LogP contribution is 2.45. The van der Waals surface area contributed by atoms with Crippen molar-refractivity contribution in [2.24, 2.45) is 11.8 Å². The van der Waals surface area contributed by atoms with Gasteiger partial charge in [-0.25, -0.2) is 18.0 Å². The van der Waals surface area contributed by atoms with Crippen LogP contribution in [-0.2, 0) is 47.0 Å². The molecule has 14 nitrogen and oxygen atoms in total. The highest BCUT2D eigenvalue weighted by atomic mass is 32.2. The van der Waals surface area contributed by atoms with Gasteiger partial charge in [-0.2, -0.15) is 0 Å². The number of benzene rings is 1. The third-order valence-electron chi connectivity index (χ3n) is 11.6. The quantitative estimate of drug-likeness (QED) is 0.351. The average Bonchev–Trinajstić information content (AvgIpc) is 3.88. The van der Waals surface area contributed by atoms with Gasteiger partial charge in [0.05, 0.1) is 18.3 Å². The van der Waals surface area contributed by atoms with Crippen LogP contribution in [0.5, 0.6) is 0 Å². The van der Waals surface area contributed by atoms with Crippen molar-refractivity contribution in [3.8, 4) is 0 Å². The number of carbonyl (C=O) groups excluding carboxylic acids is 5. The van der Waals surface area contributed by atoms with E-state index < -0.39 is 80.4 Å². The highest BCUT2D eigenvalue weighted by Gasteiger charge is 2.62. The molecule has 0 aromatic heterocycles. The van der Waals surface area contributed by atoms with Gasteiger partial charge in [0, 0.05) is 18.9 Å². The molecule has 1 aromatic carbocycles. The Balaban J connectivity index is 1.18. The lowest BCUT2D eigenvalue weighted by Gasteiger charge is -2.33. The summed E-state index contributed by atoms with van der Waals surface area (Å²) in [4.78, 5) is 72.4. The first-order valence-electron chi connectivity index (χ1n) is 18.7. The molecule has 3 aliphatic carbocycles. The first-order chi connectivity index (χ1) is 25.2. The summed E-state index contributed by atoms with van der Waals surface area (Å²) in [6.07, 6.45) is 8.54. The number of ether oxygens (including phenoxy) is 2. The molecule has 1 saturated heterocycles. The molecule has 15 heteroatoms. The van der Waals surface area contributed by atoms with Gasteiger partial charge in [0.1, 0.15) is 29.3 Å². The molecule has 1 aromatic rings. The molecule has 3 saturated carbocycles. The Morgan fingerprint density at radius 1 is 1.08 bits per heavy atom. The second-order valence-corrected chi connectivity index (χ2v) is 18.0. The Bertz CT molecular complexity index is 1840. The molecule has 6 aliphatic rings. The Morgan fingerprint density at radius 3 is 2.53 bits per heavy atom. The van der Waals surface area contributed by atoms with Crippen LogP contribution in [0.15, 0.2) is 36.9 Å². The third kappa shape index (κ3) is 7.67. The summed E-state index contributed by atoms with van der Waals surface area (Å²) in [6.45, 7) is 7.95. The standard InChI is InChI=1S/C38H49N5O9S/c1-4-26-19-38(26,34(46)41-53(49,50)28-15-16-28)40-32(44)30-18-27-21-43(30)33(45)31(24-11-5-6-12-24)39-35(47)52-37(2,3)17-8-7-10-23-13-9-14-25-20-42(22-29(23)25)36(48)51-27/h4,7,9-10,13-14,24,26-28,30-31H,1,5-6,8,11-12,15-22H2,2-3H3,(H,39,47)(H,40,44)(H,41,46)/b10-7+/t26-,27-,30+,31+,38+/m1/s1. The fraction of sp³-hybridized carbons (Fsp3) is 0.605. The molecule has 0 unspecified atom stereocenters. The Hall–Kier alpha value is -4.40. The number of fused-ring (bicyclic) bond motifs is 3. The summed E-state index contributed by atoms with van der Waals surface area (Å²) in [5.41, 5.74) is 0.544. The molecular formula is C38H49N5O9S. The van der Waals surface area contributed by atoms with E-state index in [-0.39, 0.29) is 25.3 Å². The van der Waals surface area contributed by atoms with Crippen molar-refractivity contribution in [3.05, 3.63) is 53.6 Å². The monoisotopic (exact) mass is 751 g/mol. The van der Waals surface area contributed by atoms with Gasteiger partial charge in [-0.1, -0.05) is 49.3 Å². The first-order valence-corrected chi connectivity index (χ1v) is 20.3. The molecule has 4 fully saturated rings. The van der Waals surface area contributed by atoms with E-state index in [0.29, 0.717) is 51.6 Å². The Kier molecular flexibility index (Phi) is 9.83. The SMILES string of the molecule is C=C[C@@H]1C[C@@]1(NC(=O)[C@@H]1C[C@@H]2CN1C(=O)[C@H](C1CCCC1)NC(=O)OC(C)(C)CC/C=C/c1cccc3c1CN(C3)C(=O)O2)C(=O)NS(=O)(=O)C1CC1. The van der Waals surface area contributed by atoms with Crippen molar-refractivity contribution < 1.29 is 41.9 Å². The lowest BCUT2D eigenvalue weighted by Crippen LogP contribution is -2.59.